The number of amidine groups is 1. The first kappa shape index (κ1) is 13.4. The summed E-state index contributed by atoms with van der Waals surface area (Å²) in [5.74, 6) is -0.450. The molecule has 6 heteroatoms. The number of fused-ring (bicyclic) bond motifs is 1. The van der Waals surface area contributed by atoms with Crippen molar-refractivity contribution in [1.82, 2.24) is 0 Å². The molecule has 0 saturated heterocycles. The molecule has 0 aromatic heterocycles. The third-order valence-corrected chi connectivity index (χ3v) is 3.05. The number of oxime groups is 1. The van der Waals surface area contributed by atoms with Gasteiger partial charge in [-0.25, -0.2) is 0 Å². The number of nitrogens with one attached hydrogen (secondary N) is 1. The molecule has 19 heavy (non-hydrogen) atoms. The first-order valence-corrected chi connectivity index (χ1v) is 6.33. The van der Waals surface area contributed by atoms with E-state index in [0.717, 1.165) is 15.2 Å². The number of amides is 1. The quantitative estimate of drug-likeness (QED) is 0.351. The van der Waals surface area contributed by atoms with Crippen LogP contribution in [0.4, 0.5) is 5.69 Å². The highest BCUT2D eigenvalue weighted by atomic mass is 79.9. The van der Waals surface area contributed by atoms with Crippen molar-refractivity contribution in [3.8, 4) is 0 Å². The molecule has 0 bridgehead atoms. The number of halogens is 1. The molecule has 0 heterocycles. The second-order valence-corrected chi connectivity index (χ2v) is 4.94. The zero-order chi connectivity index (χ0) is 13.8. The molecular formula is C13H12BrN3O2. The summed E-state index contributed by atoms with van der Waals surface area (Å²) in [5.41, 5.74) is 5.94. The SMILES string of the molecule is N/C(CC(=O)Nc1ccc2cc(Br)ccc2c1)=N/O. The molecule has 98 valence electrons. The molecule has 2 rings (SSSR count). The number of anilines is 1. The lowest BCUT2D eigenvalue weighted by Crippen LogP contribution is -2.21. The Kier molecular flexibility index (Phi) is 4.01. The monoisotopic (exact) mass is 321 g/mol. The highest BCUT2D eigenvalue weighted by Crippen LogP contribution is 2.22. The molecule has 0 aliphatic carbocycles. The number of hydrogen-bond donors (Lipinski definition) is 3. The average molecular weight is 322 g/mol. The molecule has 0 fully saturated rings. The Morgan fingerprint density at radius 2 is 1.95 bits per heavy atom. The molecule has 0 atom stereocenters. The number of hydrogen-bond acceptors (Lipinski definition) is 3. The van der Waals surface area contributed by atoms with E-state index in [4.69, 9.17) is 10.9 Å². The fourth-order valence-electron chi connectivity index (χ4n) is 1.70. The number of rotatable bonds is 3. The standard InChI is InChI=1S/C13H12BrN3O2/c14-10-3-1-9-6-11(4-2-8(9)5-10)16-13(18)7-12(15)17-19/h1-6,19H,7H2,(H2,15,17)(H,16,18). The minimum absolute atomic E-state index is 0.123. The zero-order valence-corrected chi connectivity index (χ0v) is 11.5. The molecule has 1 amide bonds. The summed E-state index contributed by atoms with van der Waals surface area (Å²) in [5, 5.41) is 15.9. The highest BCUT2D eigenvalue weighted by molar-refractivity contribution is 9.10. The summed E-state index contributed by atoms with van der Waals surface area (Å²) in [6, 6.07) is 11.5. The summed E-state index contributed by atoms with van der Waals surface area (Å²) < 4.78 is 1.00. The van der Waals surface area contributed by atoms with Crippen molar-refractivity contribution in [2.75, 3.05) is 5.32 Å². The molecule has 4 N–H and O–H groups in total. The Morgan fingerprint density at radius 1 is 1.26 bits per heavy atom. The van der Waals surface area contributed by atoms with Crippen LogP contribution in [-0.4, -0.2) is 17.0 Å². The van der Waals surface area contributed by atoms with Crippen molar-refractivity contribution >= 4 is 44.1 Å². The highest BCUT2D eigenvalue weighted by Gasteiger charge is 2.06. The largest absolute Gasteiger partial charge is 0.409 e. The van der Waals surface area contributed by atoms with Gasteiger partial charge in [0.15, 0.2) is 0 Å². The first-order chi connectivity index (χ1) is 9.08. The Balaban J connectivity index is 2.18. The average Bonchev–Trinajstić information content (AvgIpc) is 2.38. The van der Waals surface area contributed by atoms with E-state index >= 15 is 0 Å². The lowest BCUT2D eigenvalue weighted by molar-refractivity contribution is -0.115. The van der Waals surface area contributed by atoms with Gasteiger partial charge in [0, 0.05) is 10.2 Å². The number of benzene rings is 2. The second kappa shape index (κ2) is 5.71. The lowest BCUT2D eigenvalue weighted by atomic mass is 10.1. The summed E-state index contributed by atoms with van der Waals surface area (Å²) in [4.78, 5) is 11.6. The summed E-state index contributed by atoms with van der Waals surface area (Å²) in [6.45, 7) is 0. The van der Waals surface area contributed by atoms with Gasteiger partial charge in [0.25, 0.3) is 0 Å². The maximum absolute atomic E-state index is 11.6. The number of nitrogens with two attached hydrogens (primary N) is 1. The van der Waals surface area contributed by atoms with E-state index in [2.05, 4.69) is 26.4 Å². The Bertz CT molecular complexity index is 655. The molecule has 5 nitrogen and oxygen atoms in total. The Labute approximate surface area is 118 Å². The normalized spacial score (nSPS) is 11.5. The first-order valence-electron chi connectivity index (χ1n) is 5.54. The van der Waals surface area contributed by atoms with Crippen LogP contribution in [0.25, 0.3) is 10.8 Å². The maximum Gasteiger partial charge on any atom is 0.232 e. The maximum atomic E-state index is 11.6. The van der Waals surface area contributed by atoms with Gasteiger partial charge in [-0.15, -0.1) is 0 Å². The second-order valence-electron chi connectivity index (χ2n) is 4.02. The van der Waals surface area contributed by atoms with Crippen LogP contribution < -0.4 is 11.1 Å². The van der Waals surface area contributed by atoms with Crippen molar-refractivity contribution in [3.05, 3.63) is 40.9 Å². The van der Waals surface area contributed by atoms with Crippen molar-refractivity contribution in [2.24, 2.45) is 10.9 Å². The van der Waals surface area contributed by atoms with Crippen LogP contribution in [0.5, 0.6) is 0 Å². The van der Waals surface area contributed by atoms with Crippen molar-refractivity contribution in [2.45, 2.75) is 6.42 Å². The molecule has 0 spiro atoms. The number of nitrogens with zero attached hydrogens (tertiary/aromatic N) is 1. The third kappa shape index (κ3) is 3.45. The van der Waals surface area contributed by atoms with Crippen molar-refractivity contribution in [3.63, 3.8) is 0 Å². The van der Waals surface area contributed by atoms with E-state index in [1.165, 1.54) is 0 Å². The molecule has 0 aliphatic heterocycles. The fraction of sp³-hybridized carbons (Fsp3) is 0.0769. The lowest BCUT2D eigenvalue weighted by Gasteiger charge is -2.06. The van der Waals surface area contributed by atoms with Gasteiger partial charge in [0.2, 0.25) is 5.91 Å². The zero-order valence-electron chi connectivity index (χ0n) is 9.93. The van der Waals surface area contributed by atoms with Gasteiger partial charge in [0.1, 0.15) is 5.84 Å². The van der Waals surface area contributed by atoms with Crippen LogP contribution in [0.15, 0.2) is 46.0 Å². The molecule has 0 unspecified atom stereocenters. The smallest absolute Gasteiger partial charge is 0.232 e. The number of carbonyl (C=O) groups is 1. The van der Waals surface area contributed by atoms with Gasteiger partial charge in [-0.3, -0.25) is 4.79 Å². The van der Waals surface area contributed by atoms with Crippen LogP contribution in [0, 0.1) is 0 Å². The van der Waals surface area contributed by atoms with E-state index in [9.17, 15) is 4.79 Å². The van der Waals surface area contributed by atoms with E-state index < -0.39 is 0 Å². The third-order valence-electron chi connectivity index (χ3n) is 2.56. The molecule has 0 aliphatic rings. The van der Waals surface area contributed by atoms with Gasteiger partial charge in [-0.2, -0.15) is 0 Å². The number of carbonyl (C=O) groups excluding carboxylic acids is 1. The fourth-order valence-corrected chi connectivity index (χ4v) is 2.08. The predicted molar refractivity (Wildman–Crippen MR) is 78.3 cm³/mol. The van der Waals surface area contributed by atoms with E-state index in [0.29, 0.717) is 5.69 Å². The van der Waals surface area contributed by atoms with Gasteiger partial charge in [0.05, 0.1) is 6.42 Å². The topological polar surface area (TPSA) is 87.7 Å². The molecule has 0 radical (unpaired) electrons. The molecule has 0 saturated carbocycles. The van der Waals surface area contributed by atoms with Crippen LogP contribution in [0.1, 0.15) is 6.42 Å². The van der Waals surface area contributed by atoms with E-state index in [1.807, 2.05) is 30.3 Å². The van der Waals surface area contributed by atoms with Crippen LogP contribution >= 0.6 is 15.9 Å². The van der Waals surface area contributed by atoms with Crippen molar-refractivity contribution in [1.29, 1.82) is 0 Å². The van der Waals surface area contributed by atoms with Gasteiger partial charge >= 0.3 is 0 Å². The summed E-state index contributed by atoms with van der Waals surface area (Å²) >= 11 is 3.41. The molecular weight excluding hydrogens is 310 g/mol. The molecule has 2 aromatic carbocycles. The van der Waals surface area contributed by atoms with Crippen LogP contribution in [0.3, 0.4) is 0 Å². The van der Waals surface area contributed by atoms with Crippen LogP contribution in [0.2, 0.25) is 0 Å². The van der Waals surface area contributed by atoms with Crippen molar-refractivity contribution < 1.29 is 10.0 Å². The molecule has 2 aromatic rings. The van der Waals surface area contributed by atoms with Gasteiger partial charge < -0.3 is 16.3 Å². The minimum atomic E-state index is -0.327. The van der Waals surface area contributed by atoms with Gasteiger partial charge in [-0.05, 0) is 35.0 Å². The van der Waals surface area contributed by atoms with E-state index in [-0.39, 0.29) is 18.2 Å². The van der Waals surface area contributed by atoms with Gasteiger partial charge in [-0.1, -0.05) is 33.2 Å². The predicted octanol–water partition coefficient (Wildman–Crippen LogP) is 2.68. The van der Waals surface area contributed by atoms with Crippen LogP contribution in [-0.2, 0) is 4.79 Å². The Hall–Kier alpha value is -2.08. The summed E-state index contributed by atoms with van der Waals surface area (Å²) in [7, 11) is 0. The van der Waals surface area contributed by atoms with E-state index in [1.54, 1.807) is 6.07 Å². The minimum Gasteiger partial charge on any atom is -0.409 e. The Morgan fingerprint density at radius 3 is 2.68 bits per heavy atom. The summed E-state index contributed by atoms with van der Waals surface area (Å²) in [6.07, 6.45) is -0.144.